The van der Waals surface area contributed by atoms with Crippen molar-refractivity contribution in [2.24, 2.45) is 0 Å². The van der Waals surface area contributed by atoms with Crippen LogP contribution in [0, 0.1) is 5.82 Å². The highest BCUT2D eigenvalue weighted by Gasteiger charge is 2.28. The van der Waals surface area contributed by atoms with E-state index in [1.165, 1.54) is 29.7 Å². The summed E-state index contributed by atoms with van der Waals surface area (Å²) >= 11 is 0. The van der Waals surface area contributed by atoms with Gasteiger partial charge in [0.2, 0.25) is 5.88 Å². The molecule has 0 aliphatic carbocycles. The molecule has 5 rings (SSSR count). The van der Waals surface area contributed by atoms with Gasteiger partial charge in [-0.2, -0.15) is 0 Å². The van der Waals surface area contributed by atoms with E-state index < -0.39 is 11.7 Å². The number of halogens is 1. The quantitative estimate of drug-likeness (QED) is 0.493. The number of oxazole rings is 1. The summed E-state index contributed by atoms with van der Waals surface area (Å²) in [5.41, 5.74) is -0.333. The van der Waals surface area contributed by atoms with Crippen LogP contribution in [0.2, 0.25) is 0 Å². The monoisotopic (exact) mass is 463 g/mol. The fourth-order valence-electron chi connectivity index (χ4n) is 3.77. The van der Waals surface area contributed by atoms with Crippen LogP contribution in [-0.4, -0.2) is 63.0 Å². The summed E-state index contributed by atoms with van der Waals surface area (Å²) in [6.45, 7) is 1.03. The maximum atomic E-state index is 14.6. The minimum absolute atomic E-state index is 0.125. The SMILES string of the molecule is O=C(c1cocn1)N1CCN(C(=O)c2cc(Oc3n[nH]c(=O)c4ccccc34)ccc2F)CC1. The Kier molecular flexibility index (Phi) is 5.50. The number of carbonyl (C=O) groups is 2. The lowest BCUT2D eigenvalue weighted by atomic mass is 10.1. The number of rotatable bonds is 4. The summed E-state index contributed by atoms with van der Waals surface area (Å²) in [5, 5.41) is 7.18. The first-order chi connectivity index (χ1) is 16.5. The smallest absolute Gasteiger partial charge is 0.275 e. The number of benzene rings is 2. The second kappa shape index (κ2) is 8.77. The average Bonchev–Trinajstić information content (AvgIpc) is 3.41. The van der Waals surface area contributed by atoms with Crippen molar-refractivity contribution in [3.63, 3.8) is 0 Å². The van der Waals surface area contributed by atoms with Gasteiger partial charge in [0.05, 0.1) is 16.3 Å². The van der Waals surface area contributed by atoms with E-state index in [0.29, 0.717) is 10.8 Å². The Morgan fingerprint density at radius 3 is 2.41 bits per heavy atom. The van der Waals surface area contributed by atoms with E-state index in [0.717, 1.165) is 6.07 Å². The van der Waals surface area contributed by atoms with Gasteiger partial charge in [-0.05, 0) is 30.3 Å². The van der Waals surface area contributed by atoms with E-state index in [2.05, 4.69) is 15.2 Å². The predicted octanol–water partition coefficient (Wildman–Crippen LogP) is 2.44. The molecule has 0 bridgehead atoms. The molecule has 2 aromatic heterocycles. The molecule has 1 fully saturated rings. The largest absolute Gasteiger partial charge is 0.451 e. The number of piperazine rings is 1. The van der Waals surface area contributed by atoms with Crippen molar-refractivity contribution in [2.75, 3.05) is 26.2 Å². The lowest BCUT2D eigenvalue weighted by Gasteiger charge is -2.34. The van der Waals surface area contributed by atoms with Gasteiger partial charge in [0.25, 0.3) is 17.4 Å². The molecule has 2 aromatic carbocycles. The Morgan fingerprint density at radius 2 is 1.71 bits per heavy atom. The van der Waals surface area contributed by atoms with E-state index in [1.54, 1.807) is 29.2 Å². The fraction of sp³-hybridized carbons (Fsp3) is 0.174. The van der Waals surface area contributed by atoms with Crippen molar-refractivity contribution in [2.45, 2.75) is 0 Å². The first-order valence-electron chi connectivity index (χ1n) is 10.4. The van der Waals surface area contributed by atoms with E-state index in [-0.39, 0.29) is 60.5 Å². The second-order valence-electron chi connectivity index (χ2n) is 7.61. The maximum Gasteiger partial charge on any atom is 0.275 e. The first-order valence-corrected chi connectivity index (χ1v) is 10.4. The van der Waals surface area contributed by atoms with Gasteiger partial charge in [0.1, 0.15) is 17.8 Å². The molecule has 10 nitrogen and oxygen atoms in total. The molecular formula is C23H18FN5O5. The molecular weight excluding hydrogens is 445 g/mol. The summed E-state index contributed by atoms with van der Waals surface area (Å²) in [6, 6.07) is 10.6. The first kappa shape index (κ1) is 21.3. The Bertz CT molecular complexity index is 1430. The Labute approximate surface area is 191 Å². The number of hydrogen-bond acceptors (Lipinski definition) is 7. The Balaban J connectivity index is 1.33. The third-order valence-electron chi connectivity index (χ3n) is 5.55. The van der Waals surface area contributed by atoms with Gasteiger partial charge in [0.15, 0.2) is 12.1 Å². The van der Waals surface area contributed by atoms with Crippen LogP contribution in [0.3, 0.4) is 0 Å². The highest BCUT2D eigenvalue weighted by Crippen LogP contribution is 2.27. The zero-order chi connectivity index (χ0) is 23.7. The number of fused-ring (bicyclic) bond motifs is 1. The summed E-state index contributed by atoms with van der Waals surface area (Å²) in [6.07, 6.45) is 2.44. The number of hydrogen-bond donors (Lipinski definition) is 1. The molecule has 4 aromatic rings. The molecule has 1 aliphatic rings. The molecule has 34 heavy (non-hydrogen) atoms. The number of nitrogens with zero attached hydrogens (tertiary/aromatic N) is 4. The highest BCUT2D eigenvalue weighted by atomic mass is 19.1. The van der Waals surface area contributed by atoms with Gasteiger partial charge in [-0.1, -0.05) is 12.1 Å². The molecule has 3 heterocycles. The summed E-state index contributed by atoms with van der Waals surface area (Å²) in [4.78, 5) is 44.3. The van der Waals surface area contributed by atoms with E-state index in [9.17, 15) is 18.8 Å². The van der Waals surface area contributed by atoms with Crippen LogP contribution in [0.15, 0.2) is 64.3 Å². The summed E-state index contributed by atoms with van der Waals surface area (Å²) < 4.78 is 25.2. The van der Waals surface area contributed by atoms with Gasteiger partial charge in [0, 0.05) is 26.2 Å². The van der Waals surface area contributed by atoms with Gasteiger partial charge in [-0.15, -0.1) is 5.10 Å². The summed E-state index contributed by atoms with van der Waals surface area (Å²) in [5.74, 6) is -1.19. The number of nitrogens with one attached hydrogen (secondary N) is 1. The summed E-state index contributed by atoms with van der Waals surface area (Å²) in [7, 11) is 0. The number of amides is 2. The van der Waals surface area contributed by atoms with E-state index in [4.69, 9.17) is 9.15 Å². The van der Waals surface area contributed by atoms with Crippen molar-refractivity contribution in [1.29, 1.82) is 0 Å². The molecule has 1 N–H and O–H groups in total. The highest BCUT2D eigenvalue weighted by molar-refractivity contribution is 5.96. The second-order valence-corrected chi connectivity index (χ2v) is 7.61. The van der Waals surface area contributed by atoms with E-state index >= 15 is 0 Å². The zero-order valence-corrected chi connectivity index (χ0v) is 17.7. The lowest BCUT2D eigenvalue weighted by Crippen LogP contribution is -2.50. The van der Waals surface area contributed by atoms with E-state index in [1.807, 2.05) is 0 Å². The lowest BCUT2D eigenvalue weighted by molar-refractivity contribution is 0.0529. The molecule has 0 atom stereocenters. The topological polar surface area (TPSA) is 122 Å². The maximum absolute atomic E-state index is 14.6. The predicted molar refractivity (Wildman–Crippen MR) is 117 cm³/mol. The number of H-pyrrole nitrogens is 1. The normalized spacial score (nSPS) is 13.8. The number of ether oxygens (including phenoxy) is 1. The molecule has 11 heteroatoms. The fourth-order valence-corrected chi connectivity index (χ4v) is 3.77. The Hall–Kier alpha value is -4.54. The van der Waals surface area contributed by atoms with Gasteiger partial charge >= 0.3 is 0 Å². The van der Waals surface area contributed by atoms with Crippen LogP contribution in [0.25, 0.3) is 10.8 Å². The molecule has 0 spiro atoms. The van der Waals surface area contributed by atoms with Gasteiger partial charge in [-0.3, -0.25) is 14.4 Å². The number of aromatic amines is 1. The van der Waals surface area contributed by atoms with Crippen molar-refractivity contribution in [3.8, 4) is 11.6 Å². The van der Waals surface area contributed by atoms with Crippen LogP contribution in [-0.2, 0) is 0 Å². The van der Waals surface area contributed by atoms with Crippen LogP contribution in [0.4, 0.5) is 4.39 Å². The molecule has 0 unspecified atom stereocenters. The molecule has 1 saturated heterocycles. The third kappa shape index (κ3) is 3.98. The Morgan fingerprint density at radius 1 is 1.00 bits per heavy atom. The van der Waals surface area contributed by atoms with Crippen molar-refractivity contribution in [1.82, 2.24) is 25.0 Å². The van der Waals surface area contributed by atoms with Crippen LogP contribution in [0.5, 0.6) is 11.6 Å². The minimum Gasteiger partial charge on any atom is -0.451 e. The standard InChI is InChI=1S/C23H18FN5O5/c24-18-6-5-14(34-21-16-4-2-1-3-15(16)20(30)26-27-21)11-17(18)22(31)28-7-9-29(10-8-28)23(32)19-12-33-13-25-19/h1-6,11-13H,7-10H2,(H,26,30). The van der Waals surface area contributed by atoms with Gasteiger partial charge in [-0.25, -0.2) is 14.5 Å². The third-order valence-corrected chi connectivity index (χ3v) is 5.55. The molecule has 172 valence electrons. The molecule has 0 radical (unpaired) electrons. The van der Waals surface area contributed by atoms with Crippen molar-refractivity contribution in [3.05, 3.63) is 82.5 Å². The average molecular weight is 463 g/mol. The van der Waals surface area contributed by atoms with Crippen LogP contribution in [0.1, 0.15) is 20.8 Å². The van der Waals surface area contributed by atoms with Gasteiger partial charge < -0.3 is 19.0 Å². The van der Waals surface area contributed by atoms with Crippen molar-refractivity contribution < 1.29 is 23.1 Å². The van der Waals surface area contributed by atoms with Crippen LogP contribution >= 0.6 is 0 Å². The molecule has 1 aliphatic heterocycles. The minimum atomic E-state index is -0.697. The molecule has 0 saturated carbocycles. The molecule has 2 amide bonds. The van der Waals surface area contributed by atoms with Crippen molar-refractivity contribution >= 4 is 22.6 Å². The van der Waals surface area contributed by atoms with Crippen LogP contribution < -0.4 is 10.3 Å². The zero-order valence-electron chi connectivity index (χ0n) is 17.7. The number of aromatic nitrogens is 3. The number of carbonyl (C=O) groups excluding carboxylic acids is 2.